The molecule has 0 aliphatic heterocycles. The summed E-state index contributed by atoms with van der Waals surface area (Å²) in [6.07, 6.45) is 2.42. The van der Waals surface area contributed by atoms with Crippen molar-refractivity contribution in [1.29, 1.82) is 0 Å². The van der Waals surface area contributed by atoms with Crippen LogP contribution in [-0.2, 0) is 11.2 Å². The molecule has 0 radical (unpaired) electrons. The number of phenols is 1. The minimum atomic E-state index is -2.02. The van der Waals surface area contributed by atoms with Crippen LogP contribution in [0.1, 0.15) is 59.9 Å². The summed E-state index contributed by atoms with van der Waals surface area (Å²) in [7, 11) is -2.02. The van der Waals surface area contributed by atoms with Crippen LogP contribution in [0.4, 0.5) is 4.79 Å². The van der Waals surface area contributed by atoms with Crippen molar-refractivity contribution in [2.45, 2.75) is 99.9 Å². The highest BCUT2D eigenvalue weighted by atomic mass is 35.5. The molecule has 0 heterocycles. The molecule has 0 aromatic heterocycles. The second-order valence-electron chi connectivity index (χ2n) is 12.4. The van der Waals surface area contributed by atoms with E-state index in [1.54, 1.807) is 39.0 Å². The minimum Gasteiger partial charge on any atom is -0.543 e. The fourth-order valence-corrected chi connectivity index (χ4v) is 5.85. The van der Waals surface area contributed by atoms with Crippen molar-refractivity contribution in [2.24, 2.45) is 0 Å². The number of aromatic hydroxyl groups is 1. The fraction of sp³-hybridized carbons (Fsp3) is 0.500. The van der Waals surface area contributed by atoms with Gasteiger partial charge in [-0.3, -0.25) is 0 Å². The number of aliphatic hydroxyl groups is 1. The summed E-state index contributed by atoms with van der Waals surface area (Å²) in [5.74, 6) is 0.915. The Hall–Kier alpha value is -2.13. The van der Waals surface area contributed by atoms with Crippen molar-refractivity contribution >= 4 is 37.8 Å². The first-order valence-corrected chi connectivity index (χ1v) is 17.2. The average molecular weight is 594 g/mol. The number of aliphatic hydroxyl groups excluding tert-OH is 1. The third kappa shape index (κ3) is 9.78. The van der Waals surface area contributed by atoms with Crippen molar-refractivity contribution in [3.8, 4) is 11.5 Å². The van der Waals surface area contributed by atoms with Crippen LogP contribution in [0.3, 0.4) is 0 Å². The van der Waals surface area contributed by atoms with Crippen molar-refractivity contribution < 1.29 is 24.2 Å². The molecule has 0 fully saturated rings. The van der Waals surface area contributed by atoms with Gasteiger partial charge in [-0.15, -0.1) is 6.58 Å². The lowest BCUT2D eigenvalue weighted by atomic mass is 9.88. The second-order valence-corrected chi connectivity index (χ2v) is 18.7. The van der Waals surface area contributed by atoms with Gasteiger partial charge in [-0.25, -0.2) is 4.79 Å². The maximum Gasteiger partial charge on any atom is 0.408 e. The van der Waals surface area contributed by atoms with Gasteiger partial charge in [0.1, 0.15) is 17.1 Å². The first-order chi connectivity index (χ1) is 17.9. The Bertz CT molecular complexity index is 1160. The normalized spacial score (nSPS) is 13.9. The SMILES string of the molecule is C=CC[C@@](CO)(CCc1ccc(Sc2cc(O[Si](C)(C)C(C)(C)C)ccc2O)cc1Cl)NC(=O)OC(C)(C)C. The molecule has 216 valence electrons. The number of benzene rings is 2. The molecule has 39 heavy (non-hydrogen) atoms. The number of hydrogen-bond donors (Lipinski definition) is 3. The van der Waals surface area contributed by atoms with E-state index in [4.69, 9.17) is 20.8 Å². The topological polar surface area (TPSA) is 88.0 Å². The minimum absolute atomic E-state index is 0.0588. The van der Waals surface area contributed by atoms with Gasteiger partial charge in [-0.1, -0.05) is 56.3 Å². The molecule has 6 nitrogen and oxygen atoms in total. The molecule has 0 aliphatic rings. The molecule has 1 amide bonds. The zero-order chi connectivity index (χ0) is 29.6. The van der Waals surface area contributed by atoms with E-state index < -0.39 is 25.6 Å². The van der Waals surface area contributed by atoms with Gasteiger partial charge in [-0.2, -0.15) is 0 Å². The van der Waals surface area contributed by atoms with Gasteiger partial charge < -0.3 is 24.7 Å². The number of phenolic OH excluding ortho intramolecular Hbond substituents is 1. The molecular weight excluding hydrogens is 550 g/mol. The van der Waals surface area contributed by atoms with Crippen LogP contribution in [0.5, 0.6) is 11.5 Å². The van der Waals surface area contributed by atoms with Crippen LogP contribution in [-0.4, -0.2) is 42.4 Å². The van der Waals surface area contributed by atoms with Crippen LogP contribution in [0.15, 0.2) is 58.8 Å². The van der Waals surface area contributed by atoms with Crippen LogP contribution >= 0.6 is 23.4 Å². The number of aryl methyl sites for hydroxylation is 1. The smallest absolute Gasteiger partial charge is 0.408 e. The number of rotatable bonds is 11. The van der Waals surface area contributed by atoms with Gasteiger partial charge in [0.15, 0.2) is 0 Å². The summed E-state index contributed by atoms with van der Waals surface area (Å²) < 4.78 is 11.8. The number of hydrogen-bond acceptors (Lipinski definition) is 6. The second kappa shape index (κ2) is 13.0. The van der Waals surface area contributed by atoms with E-state index in [1.807, 2.05) is 24.3 Å². The monoisotopic (exact) mass is 593 g/mol. The number of carbonyl (C=O) groups excluding carboxylic acids is 1. The standard InChI is InChI=1S/C30H44ClNO5SSi/c1-10-16-30(20-33,32-27(35)36-28(2,3)4)17-15-21-11-13-23(19-24(21)31)38-26-18-22(12-14-25(26)34)37-39(8,9)29(5,6)7/h10-14,18-19,33-34H,1,15-17,20H2,2-9H3,(H,32,35)/t30-/m0/s1. The van der Waals surface area contributed by atoms with E-state index in [2.05, 4.69) is 45.8 Å². The van der Waals surface area contributed by atoms with Gasteiger partial charge >= 0.3 is 6.09 Å². The number of halogens is 1. The molecule has 1 atom stereocenters. The van der Waals surface area contributed by atoms with E-state index in [0.717, 1.165) is 16.2 Å². The molecule has 0 saturated carbocycles. The number of ether oxygens (including phenoxy) is 1. The summed E-state index contributed by atoms with van der Waals surface area (Å²) in [5.41, 5.74) is -0.689. The molecule has 0 unspecified atom stereocenters. The summed E-state index contributed by atoms with van der Waals surface area (Å²) in [4.78, 5) is 14.0. The Morgan fingerprint density at radius 1 is 1.13 bits per heavy atom. The van der Waals surface area contributed by atoms with Gasteiger partial charge in [0.25, 0.3) is 0 Å². The third-order valence-corrected chi connectivity index (χ3v) is 12.6. The lowest BCUT2D eigenvalue weighted by Gasteiger charge is -2.36. The van der Waals surface area contributed by atoms with Gasteiger partial charge in [0.05, 0.1) is 17.0 Å². The maximum absolute atomic E-state index is 12.4. The molecule has 0 aliphatic carbocycles. The highest BCUT2D eigenvalue weighted by molar-refractivity contribution is 7.99. The van der Waals surface area contributed by atoms with Crippen LogP contribution < -0.4 is 9.74 Å². The van der Waals surface area contributed by atoms with Gasteiger partial charge in [0, 0.05) is 9.92 Å². The van der Waals surface area contributed by atoms with Crippen molar-refractivity contribution in [3.63, 3.8) is 0 Å². The Morgan fingerprint density at radius 3 is 2.33 bits per heavy atom. The quantitative estimate of drug-likeness (QED) is 0.179. The van der Waals surface area contributed by atoms with E-state index in [9.17, 15) is 15.0 Å². The van der Waals surface area contributed by atoms with Crippen molar-refractivity contribution in [3.05, 3.63) is 59.6 Å². The van der Waals surface area contributed by atoms with Crippen molar-refractivity contribution in [1.82, 2.24) is 5.32 Å². The van der Waals surface area contributed by atoms with Crippen LogP contribution in [0.2, 0.25) is 23.2 Å². The largest absolute Gasteiger partial charge is 0.543 e. The highest BCUT2D eigenvalue weighted by Gasteiger charge is 2.39. The van der Waals surface area contributed by atoms with Crippen molar-refractivity contribution in [2.75, 3.05) is 6.61 Å². The average Bonchev–Trinajstić information content (AvgIpc) is 2.78. The van der Waals surface area contributed by atoms with Crippen LogP contribution in [0.25, 0.3) is 0 Å². The first kappa shape index (κ1) is 33.1. The lowest BCUT2D eigenvalue weighted by molar-refractivity contribution is 0.0389. The van der Waals surface area contributed by atoms with E-state index >= 15 is 0 Å². The van der Waals surface area contributed by atoms with E-state index in [-0.39, 0.29) is 17.4 Å². The highest BCUT2D eigenvalue weighted by Crippen LogP contribution is 2.41. The van der Waals surface area contributed by atoms with E-state index in [0.29, 0.717) is 29.2 Å². The zero-order valence-electron chi connectivity index (χ0n) is 24.5. The molecule has 0 spiro atoms. The molecule has 2 rings (SSSR count). The molecule has 0 saturated heterocycles. The molecule has 0 bridgehead atoms. The Balaban J connectivity index is 2.18. The number of amides is 1. The summed E-state index contributed by atoms with van der Waals surface area (Å²) in [6, 6.07) is 11.1. The third-order valence-electron chi connectivity index (χ3n) is 6.84. The first-order valence-electron chi connectivity index (χ1n) is 13.1. The summed E-state index contributed by atoms with van der Waals surface area (Å²) in [6.45, 7) is 19.8. The van der Waals surface area contributed by atoms with Crippen LogP contribution in [0, 0.1) is 0 Å². The Morgan fingerprint density at radius 2 is 1.79 bits per heavy atom. The lowest BCUT2D eigenvalue weighted by Crippen LogP contribution is -2.52. The summed E-state index contributed by atoms with van der Waals surface area (Å²) >= 11 is 8.07. The predicted octanol–water partition coefficient (Wildman–Crippen LogP) is 8.35. The summed E-state index contributed by atoms with van der Waals surface area (Å²) in [5, 5.41) is 24.2. The maximum atomic E-state index is 12.4. The number of nitrogens with one attached hydrogen (secondary N) is 1. The molecule has 3 N–H and O–H groups in total. The molecule has 9 heteroatoms. The van der Waals surface area contributed by atoms with Gasteiger partial charge in [0.2, 0.25) is 8.32 Å². The fourth-order valence-electron chi connectivity index (χ4n) is 3.58. The zero-order valence-corrected chi connectivity index (χ0v) is 27.1. The number of alkyl carbamates (subject to hydrolysis) is 1. The number of carbonyl (C=O) groups is 1. The van der Waals surface area contributed by atoms with E-state index in [1.165, 1.54) is 11.8 Å². The molecular formula is C30H44ClNO5SSi. The van der Waals surface area contributed by atoms with Gasteiger partial charge in [-0.05, 0) is 94.1 Å². The Labute approximate surface area is 244 Å². The predicted molar refractivity (Wildman–Crippen MR) is 164 cm³/mol. The molecule has 2 aromatic carbocycles. The molecule has 2 aromatic rings. The Kier molecular flexibility index (Phi) is 11.0.